The molecule has 0 unspecified atom stereocenters. The number of hydrogen-bond donors (Lipinski definition) is 2. The summed E-state index contributed by atoms with van der Waals surface area (Å²) in [5, 5.41) is 12.8. The maximum Gasteiger partial charge on any atom is 0.329 e. The molecular formula is C24H24ClF2N3O4. The molecule has 0 spiro atoms. The van der Waals surface area contributed by atoms with Crippen LogP contribution in [0.25, 0.3) is 0 Å². The zero-order valence-electron chi connectivity index (χ0n) is 18.6. The fraction of sp³-hybridized carbons (Fsp3) is 0.417. The molecule has 7 nitrogen and oxygen atoms in total. The van der Waals surface area contributed by atoms with Gasteiger partial charge in [0.15, 0.2) is 11.6 Å². The Hall–Kier alpha value is -2.75. The van der Waals surface area contributed by atoms with Crippen molar-refractivity contribution in [1.82, 2.24) is 10.2 Å². The summed E-state index contributed by atoms with van der Waals surface area (Å²) in [6.45, 7) is 4.15. The highest BCUT2D eigenvalue weighted by Gasteiger charge is 2.46. The van der Waals surface area contributed by atoms with Crippen LogP contribution < -0.4 is 15.0 Å². The van der Waals surface area contributed by atoms with Crippen molar-refractivity contribution in [3.8, 4) is 5.75 Å². The van der Waals surface area contributed by atoms with Crippen molar-refractivity contribution in [3.63, 3.8) is 0 Å². The lowest BCUT2D eigenvalue weighted by Crippen LogP contribution is -2.40. The van der Waals surface area contributed by atoms with Crippen molar-refractivity contribution >= 4 is 29.2 Å². The molecule has 2 fully saturated rings. The Balaban J connectivity index is 1.52. The van der Waals surface area contributed by atoms with Crippen LogP contribution in [0.3, 0.4) is 0 Å². The number of carbonyl (C=O) groups excluding carboxylic acids is 2. The number of likely N-dealkylation sites (tertiary alicyclic amines) is 1. The van der Waals surface area contributed by atoms with Gasteiger partial charge in [-0.2, -0.15) is 0 Å². The van der Waals surface area contributed by atoms with Crippen LogP contribution in [0, 0.1) is 11.6 Å². The number of benzene rings is 2. The highest BCUT2D eigenvalue weighted by Crippen LogP contribution is 2.42. The standard InChI is InChI=1S/C24H24ClF2N3O4/c1-24(2)22(32)30(23(33)28-24)13-3-4-17(26)20(9-13)34-21-16-7-12(25)8-18(27)15(16)10-19(21)29-6-5-14(31)11-29/h3-4,7-9,14,19,21,31H,5-6,10-11H2,1-2H3,(H,28,33)/t14-,19+,21+/m1/s1. The van der Waals surface area contributed by atoms with Crippen LogP contribution in [-0.4, -0.2) is 52.7 Å². The SMILES string of the molecule is CC1(C)NC(=O)N(c2ccc(F)c(O[C@H]3c4cc(Cl)cc(F)c4C[C@@H]3N3CC[C@@H](O)C3)c2)C1=O. The number of urea groups is 1. The lowest BCUT2D eigenvalue weighted by molar-refractivity contribution is -0.121. The number of anilines is 1. The number of aliphatic hydroxyl groups is 1. The summed E-state index contributed by atoms with van der Waals surface area (Å²) in [4.78, 5) is 28.1. The second-order valence-corrected chi connectivity index (χ2v) is 9.95. The number of nitrogens with zero attached hydrogens (tertiary/aromatic N) is 2. The average Bonchev–Trinajstić information content (AvgIpc) is 3.39. The van der Waals surface area contributed by atoms with Gasteiger partial charge < -0.3 is 15.2 Å². The van der Waals surface area contributed by atoms with Crippen LogP contribution in [0.4, 0.5) is 19.3 Å². The van der Waals surface area contributed by atoms with Gasteiger partial charge in [-0.3, -0.25) is 9.69 Å². The lowest BCUT2D eigenvalue weighted by Gasteiger charge is -2.30. The maximum absolute atomic E-state index is 14.9. The molecule has 2 aliphatic heterocycles. The summed E-state index contributed by atoms with van der Waals surface area (Å²) in [5.41, 5.74) is 0.0194. The largest absolute Gasteiger partial charge is 0.481 e. The number of amides is 3. The van der Waals surface area contributed by atoms with Gasteiger partial charge in [-0.25, -0.2) is 18.5 Å². The molecule has 2 aromatic carbocycles. The fourth-order valence-electron chi connectivity index (χ4n) is 4.99. The molecule has 2 heterocycles. The minimum Gasteiger partial charge on any atom is -0.481 e. The number of halogens is 3. The number of β-amino-alcohol motifs (C(OH)–C–C–N with tert-alkyl or cyclic N) is 1. The Labute approximate surface area is 200 Å². The number of carbonyl (C=O) groups is 2. The molecule has 2 aromatic rings. The first-order valence-electron chi connectivity index (χ1n) is 11.1. The minimum atomic E-state index is -1.09. The Morgan fingerprint density at radius 3 is 2.59 bits per heavy atom. The molecule has 10 heteroatoms. The predicted octanol–water partition coefficient (Wildman–Crippen LogP) is 3.56. The van der Waals surface area contributed by atoms with E-state index in [0.29, 0.717) is 37.1 Å². The molecule has 180 valence electrons. The molecule has 0 bridgehead atoms. The Morgan fingerprint density at radius 1 is 1.18 bits per heavy atom. The monoisotopic (exact) mass is 491 g/mol. The zero-order chi connectivity index (χ0) is 24.4. The van der Waals surface area contributed by atoms with Gasteiger partial charge in [0.05, 0.1) is 17.8 Å². The van der Waals surface area contributed by atoms with E-state index in [4.69, 9.17) is 16.3 Å². The first-order chi connectivity index (χ1) is 16.0. The number of aliphatic hydroxyl groups excluding tert-OH is 1. The summed E-state index contributed by atoms with van der Waals surface area (Å²) in [6, 6.07) is 5.63. The topological polar surface area (TPSA) is 82.1 Å². The molecule has 1 aliphatic carbocycles. The molecule has 5 rings (SSSR count). The van der Waals surface area contributed by atoms with Crippen molar-refractivity contribution in [2.24, 2.45) is 0 Å². The predicted molar refractivity (Wildman–Crippen MR) is 121 cm³/mol. The van der Waals surface area contributed by atoms with E-state index in [1.165, 1.54) is 18.2 Å². The van der Waals surface area contributed by atoms with Crippen molar-refractivity contribution in [2.75, 3.05) is 18.0 Å². The van der Waals surface area contributed by atoms with E-state index in [2.05, 4.69) is 5.32 Å². The first-order valence-corrected chi connectivity index (χ1v) is 11.5. The number of imide groups is 1. The van der Waals surface area contributed by atoms with Gasteiger partial charge in [0, 0.05) is 29.7 Å². The quantitative estimate of drug-likeness (QED) is 0.639. The van der Waals surface area contributed by atoms with Crippen LogP contribution in [0.5, 0.6) is 5.75 Å². The molecule has 34 heavy (non-hydrogen) atoms. The summed E-state index contributed by atoms with van der Waals surface area (Å²) in [5.74, 6) is -1.80. The smallest absolute Gasteiger partial charge is 0.329 e. The van der Waals surface area contributed by atoms with Crippen molar-refractivity contribution in [2.45, 2.75) is 50.5 Å². The fourth-order valence-corrected chi connectivity index (χ4v) is 5.20. The van der Waals surface area contributed by atoms with Crippen molar-refractivity contribution in [1.29, 1.82) is 0 Å². The van der Waals surface area contributed by atoms with E-state index in [-0.39, 0.29) is 22.5 Å². The third kappa shape index (κ3) is 3.81. The van der Waals surface area contributed by atoms with Crippen molar-refractivity contribution in [3.05, 3.63) is 58.1 Å². The Morgan fingerprint density at radius 2 is 1.94 bits per heavy atom. The molecule has 2 N–H and O–H groups in total. The molecule has 3 atom stereocenters. The van der Waals surface area contributed by atoms with Gasteiger partial charge in [-0.1, -0.05) is 11.6 Å². The van der Waals surface area contributed by atoms with Crippen molar-refractivity contribution < 1.29 is 28.2 Å². The third-order valence-electron chi connectivity index (χ3n) is 6.72. The summed E-state index contributed by atoms with van der Waals surface area (Å²) >= 11 is 6.12. The van der Waals surface area contributed by atoms with Crippen LogP contribution in [0.15, 0.2) is 30.3 Å². The molecule has 0 radical (unpaired) electrons. The van der Waals surface area contributed by atoms with Gasteiger partial charge in [0.2, 0.25) is 0 Å². The number of rotatable bonds is 4. The Bertz CT molecular complexity index is 1190. The zero-order valence-corrected chi connectivity index (χ0v) is 19.4. The van der Waals surface area contributed by atoms with E-state index in [1.807, 2.05) is 4.90 Å². The van der Waals surface area contributed by atoms with Crippen LogP contribution in [0.1, 0.15) is 37.5 Å². The second kappa shape index (κ2) is 8.18. The normalized spacial score (nSPS) is 26.2. The van der Waals surface area contributed by atoms with E-state index >= 15 is 0 Å². The molecule has 0 aromatic heterocycles. The first kappa shape index (κ1) is 23.0. The van der Waals surface area contributed by atoms with Crippen LogP contribution in [0.2, 0.25) is 5.02 Å². The average molecular weight is 492 g/mol. The third-order valence-corrected chi connectivity index (χ3v) is 6.93. The molecule has 3 aliphatic rings. The van der Waals surface area contributed by atoms with E-state index in [1.54, 1.807) is 19.9 Å². The number of hydrogen-bond acceptors (Lipinski definition) is 5. The van der Waals surface area contributed by atoms with Gasteiger partial charge in [0.25, 0.3) is 5.91 Å². The van der Waals surface area contributed by atoms with Gasteiger partial charge >= 0.3 is 6.03 Å². The van der Waals surface area contributed by atoms with E-state index in [0.717, 1.165) is 11.0 Å². The summed E-state index contributed by atoms with van der Waals surface area (Å²) in [7, 11) is 0. The number of nitrogens with one attached hydrogen (secondary N) is 1. The molecule has 2 saturated heterocycles. The number of fused-ring (bicyclic) bond motifs is 1. The van der Waals surface area contributed by atoms with E-state index in [9.17, 15) is 23.5 Å². The highest BCUT2D eigenvalue weighted by atomic mass is 35.5. The van der Waals surface area contributed by atoms with Crippen LogP contribution >= 0.6 is 11.6 Å². The molecular weight excluding hydrogens is 468 g/mol. The molecule has 3 amide bonds. The van der Waals surface area contributed by atoms with Gasteiger partial charge in [-0.15, -0.1) is 0 Å². The van der Waals surface area contributed by atoms with Crippen LogP contribution in [-0.2, 0) is 11.2 Å². The lowest BCUT2D eigenvalue weighted by atomic mass is 10.1. The minimum absolute atomic E-state index is 0.160. The maximum atomic E-state index is 14.9. The number of ether oxygens (including phenoxy) is 1. The summed E-state index contributed by atoms with van der Waals surface area (Å²) in [6.07, 6.45) is -0.369. The Kier molecular flexibility index (Phi) is 5.54. The second-order valence-electron chi connectivity index (χ2n) is 9.51. The molecule has 0 saturated carbocycles. The highest BCUT2D eigenvalue weighted by molar-refractivity contribution is 6.30. The van der Waals surface area contributed by atoms with Gasteiger partial charge in [-0.05, 0) is 56.5 Å². The summed E-state index contributed by atoms with van der Waals surface area (Å²) < 4.78 is 35.7. The van der Waals surface area contributed by atoms with E-state index < -0.39 is 41.3 Å². The van der Waals surface area contributed by atoms with Gasteiger partial charge in [0.1, 0.15) is 17.5 Å².